The third kappa shape index (κ3) is 7.38. The summed E-state index contributed by atoms with van der Waals surface area (Å²) in [7, 11) is 3.15. The number of para-hydroxylation sites is 1. The van der Waals surface area contributed by atoms with Crippen molar-refractivity contribution >= 4 is 23.4 Å². The number of methoxy groups -OCH3 is 2. The van der Waals surface area contributed by atoms with Crippen molar-refractivity contribution in [2.24, 2.45) is 0 Å². The number of nitrogens with zero attached hydrogens (tertiary/aromatic N) is 2. The molecular weight excluding hydrogens is 632 g/mol. The Morgan fingerprint density at radius 2 is 1.21 bits per heavy atom. The van der Waals surface area contributed by atoms with Crippen LogP contribution < -0.4 is 30.7 Å². The monoisotopic (exact) mass is 670 g/mol. The van der Waals surface area contributed by atoms with Gasteiger partial charge in [-0.3, -0.25) is 9.59 Å². The van der Waals surface area contributed by atoms with Gasteiger partial charge in [-0.25, -0.2) is 9.97 Å². The fraction of sp³-hybridized carbons (Fsp3) is 0.333. The first-order valence-electron chi connectivity index (χ1n) is 16.0. The minimum atomic E-state index is 0.0411. The summed E-state index contributed by atoms with van der Waals surface area (Å²) in [5.74, 6) is 1.14. The molecule has 4 aromatic rings. The third-order valence-electron chi connectivity index (χ3n) is 8.72. The lowest BCUT2D eigenvalue weighted by Crippen LogP contribution is -2.35. The molecule has 2 aromatic carbocycles. The Kier molecular flexibility index (Phi) is 10.4. The minimum Gasteiger partial charge on any atom is -0.507 e. The van der Waals surface area contributed by atoms with Crippen molar-refractivity contribution in [3.05, 3.63) is 76.8 Å². The molecule has 2 aliphatic heterocycles. The summed E-state index contributed by atoms with van der Waals surface area (Å²) in [5.41, 5.74) is 5.36. The van der Waals surface area contributed by atoms with Crippen LogP contribution in [-0.2, 0) is 22.7 Å². The normalized spacial score (nSPS) is 17.3. The topological polar surface area (TPSA) is 147 Å². The fourth-order valence-corrected chi connectivity index (χ4v) is 6.51. The highest BCUT2D eigenvalue weighted by atomic mass is 35.5. The van der Waals surface area contributed by atoms with E-state index in [9.17, 15) is 14.7 Å². The average molecular weight is 671 g/mol. The summed E-state index contributed by atoms with van der Waals surface area (Å²) >= 11 is 7.02. The molecule has 2 atom stereocenters. The molecule has 2 aromatic heterocycles. The number of benzene rings is 2. The summed E-state index contributed by atoms with van der Waals surface area (Å²) < 4.78 is 11.2. The van der Waals surface area contributed by atoms with Crippen LogP contribution in [0.4, 0.5) is 0 Å². The van der Waals surface area contributed by atoms with E-state index in [4.69, 9.17) is 31.0 Å². The van der Waals surface area contributed by atoms with Gasteiger partial charge in [-0.1, -0.05) is 54.1 Å². The third-order valence-corrected chi connectivity index (χ3v) is 9.13. The zero-order valence-electron chi connectivity index (χ0n) is 26.9. The molecule has 11 nitrogen and oxygen atoms in total. The summed E-state index contributed by atoms with van der Waals surface area (Å²) in [6.07, 6.45) is 2.77. The van der Waals surface area contributed by atoms with Gasteiger partial charge >= 0.3 is 0 Å². The summed E-state index contributed by atoms with van der Waals surface area (Å²) in [5, 5.41) is 24.6. The number of phenolic OH excluding ortho intramolecular Hbond substituents is 1. The Balaban J connectivity index is 1.20. The molecule has 0 saturated carbocycles. The van der Waals surface area contributed by atoms with Crippen LogP contribution in [-0.4, -0.2) is 66.3 Å². The van der Waals surface area contributed by atoms with Crippen LogP contribution in [0.5, 0.6) is 17.5 Å². The molecule has 2 fully saturated rings. The zero-order valence-corrected chi connectivity index (χ0v) is 27.7. The number of amides is 2. The second kappa shape index (κ2) is 15.0. The largest absolute Gasteiger partial charge is 0.507 e. The molecule has 250 valence electrons. The maximum absolute atomic E-state index is 11.5. The molecule has 0 radical (unpaired) electrons. The maximum Gasteiger partial charge on any atom is 0.220 e. The number of phenols is 1. The number of pyridine rings is 2. The van der Waals surface area contributed by atoms with Crippen LogP contribution in [0, 0.1) is 0 Å². The molecule has 2 aliphatic rings. The number of ether oxygens (including phenoxy) is 2. The van der Waals surface area contributed by atoms with Crippen LogP contribution in [0.3, 0.4) is 0 Å². The van der Waals surface area contributed by atoms with E-state index in [1.165, 1.54) is 0 Å². The molecule has 0 bridgehead atoms. The van der Waals surface area contributed by atoms with E-state index < -0.39 is 0 Å². The Morgan fingerprint density at radius 1 is 0.729 bits per heavy atom. The Bertz CT molecular complexity index is 1690. The molecule has 5 N–H and O–H groups in total. The number of aromatic nitrogens is 2. The number of hydrogen-bond donors (Lipinski definition) is 5. The van der Waals surface area contributed by atoms with Crippen LogP contribution in [0.25, 0.3) is 33.6 Å². The van der Waals surface area contributed by atoms with Gasteiger partial charge in [0.15, 0.2) is 0 Å². The van der Waals surface area contributed by atoms with Gasteiger partial charge in [0.05, 0.1) is 30.6 Å². The van der Waals surface area contributed by atoms with E-state index in [1.807, 2.05) is 54.6 Å². The number of aromatic hydroxyl groups is 1. The van der Waals surface area contributed by atoms with Gasteiger partial charge in [-0.05, 0) is 31.0 Å². The Morgan fingerprint density at radius 3 is 1.71 bits per heavy atom. The van der Waals surface area contributed by atoms with E-state index in [-0.39, 0.29) is 29.6 Å². The van der Waals surface area contributed by atoms with E-state index in [1.54, 1.807) is 20.3 Å². The number of nitrogens with one attached hydrogen (secondary N) is 4. The van der Waals surface area contributed by atoms with E-state index in [0.29, 0.717) is 89.4 Å². The standard InChI is InChI=1S/C36H39ClN6O5/c1-47-35-21(17-38-19-23-11-15-31(44)40-23)9-13-29(42-35)27-7-3-5-25(33(27)37)26-6-4-8-28(34(26)46)30-14-10-22(36(43-30)48-2)18-39-20-24-12-16-32(45)41-24/h3-10,13-14,23-24,38-39,46H,11-12,15-20H2,1-2H3,(H,40,44)(H,41,45)/t23-,24-/m0/s1. The van der Waals surface area contributed by atoms with Crippen molar-refractivity contribution in [3.63, 3.8) is 0 Å². The predicted octanol–water partition coefficient (Wildman–Crippen LogP) is 4.59. The van der Waals surface area contributed by atoms with E-state index in [2.05, 4.69) is 21.3 Å². The molecule has 2 amide bonds. The van der Waals surface area contributed by atoms with Gasteiger partial charge in [0.1, 0.15) is 5.75 Å². The lowest BCUT2D eigenvalue weighted by molar-refractivity contribution is -0.120. The molecule has 4 heterocycles. The van der Waals surface area contributed by atoms with Crippen molar-refractivity contribution in [2.45, 2.75) is 50.9 Å². The minimum absolute atomic E-state index is 0.0411. The number of halogens is 1. The van der Waals surface area contributed by atoms with Gasteiger partial charge in [-0.15, -0.1) is 0 Å². The smallest absolute Gasteiger partial charge is 0.220 e. The van der Waals surface area contributed by atoms with Crippen LogP contribution in [0.15, 0.2) is 60.7 Å². The second-order valence-electron chi connectivity index (χ2n) is 12.0. The lowest BCUT2D eigenvalue weighted by atomic mass is 9.97. The lowest BCUT2D eigenvalue weighted by Gasteiger charge is -2.16. The van der Waals surface area contributed by atoms with Gasteiger partial charge in [0.25, 0.3) is 0 Å². The molecule has 0 spiro atoms. The summed E-state index contributed by atoms with van der Waals surface area (Å²) in [4.78, 5) is 32.4. The van der Waals surface area contributed by atoms with Crippen molar-refractivity contribution in [3.8, 4) is 51.2 Å². The van der Waals surface area contributed by atoms with E-state index >= 15 is 0 Å². The van der Waals surface area contributed by atoms with Crippen LogP contribution in [0.2, 0.25) is 5.02 Å². The van der Waals surface area contributed by atoms with Gasteiger partial charge in [-0.2, -0.15) is 0 Å². The first-order chi connectivity index (χ1) is 23.3. The number of carbonyl (C=O) groups excluding carboxylic acids is 2. The average Bonchev–Trinajstić information content (AvgIpc) is 3.72. The highest BCUT2D eigenvalue weighted by Crippen LogP contribution is 2.43. The van der Waals surface area contributed by atoms with Gasteiger partial charge < -0.3 is 35.8 Å². The van der Waals surface area contributed by atoms with Gasteiger partial charge in [0.2, 0.25) is 23.6 Å². The molecule has 6 rings (SSSR count). The first kappa shape index (κ1) is 33.2. The number of carbonyl (C=O) groups is 2. The molecule has 2 saturated heterocycles. The fourth-order valence-electron chi connectivity index (χ4n) is 6.19. The van der Waals surface area contributed by atoms with E-state index in [0.717, 1.165) is 24.0 Å². The molecular formula is C36H39ClN6O5. The number of hydrogen-bond acceptors (Lipinski definition) is 9. The van der Waals surface area contributed by atoms with Crippen molar-refractivity contribution < 1.29 is 24.2 Å². The second-order valence-corrected chi connectivity index (χ2v) is 12.3. The first-order valence-corrected chi connectivity index (χ1v) is 16.4. The van der Waals surface area contributed by atoms with Crippen LogP contribution >= 0.6 is 11.6 Å². The Hall–Kier alpha value is -4.71. The molecule has 0 aliphatic carbocycles. The van der Waals surface area contributed by atoms with Crippen molar-refractivity contribution in [1.29, 1.82) is 0 Å². The summed E-state index contributed by atoms with van der Waals surface area (Å²) in [6, 6.07) is 19.0. The SMILES string of the molecule is COc1nc(-c2cccc(-c3cccc(-c4ccc(CNC[C@@H]5CCC(=O)N5)c(OC)n4)c3Cl)c2O)ccc1CNC[C@@H]1CCC(=O)N1. The maximum atomic E-state index is 11.5. The molecule has 0 unspecified atom stereocenters. The zero-order chi connectivity index (χ0) is 33.6. The Labute approximate surface area is 284 Å². The highest BCUT2D eigenvalue weighted by Gasteiger charge is 2.22. The summed E-state index contributed by atoms with van der Waals surface area (Å²) in [6.45, 7) is 2.38. The number of rotatable bonds is 13. The van der Waals surface area contributed by atoms with Crippen LogP contribution in [0.1, 0.15) is 36.8 Å². The van der Waals surface area contributed by atoms with Crippen molar-refractivity contribution in [1.82, 2.24) is 31.2 Å². The molecule has 12 heteroatoms. The quantitative estimate of drug-likeness (QED) is 0.138. The van der Waals surface area contributed by atoms with Gasteiger partial charge in [0, 0.05) is 84.5 Å². The molecule has 48 heavy (non-hydrogen) atoms. The van der Waals surface area contributed by atoms with Crippen molar-refractivity contribution in [2.75, 3.05) is 27.3 Å². The highest BCUT2D eigenvalue weighted by molar-refractivity contribution is 6.36. The predicted molar refractivity (Wildman–Crippen MR) is 184 cm³/mol.